The maximum absolute atomic E-state index is 13.0. The second-order valence-corrected chi connectivity index (χ2v) is 6.82. The van der Waals surface area contributed by atoms with Gasteiger partial charge in [0, 0.05) is 30.4 Å². The molecule has 1 aliphatic heterocycles. The van der Waals surface area contributed by atoms with Crippen LogP contribution < -0.4 is 5.32 Å². The van der Waals surface area contributed by atoms with E-state index in [0.717, 1.165) is 60.8 Å². The van der Waals surface area contributed by atoms with Crippen molar-refractivity contribution >= 4 is 5.91 Å². The minimum atomic E-state index is 0.155. The lowest BCUT2D eigenvalue weighted by Gasteiger charge is -2.32. The Hall–Kier alpha value is -2.20. The molecule has 4 nitrogen and oxygen atoms in total. The average molecular weight is 337 g/mol. The zero-order valence-corrected chi connectivity index (χ0v) is 15.2. The molecular formula is C21H27N3O. The third kappa shape index (κ3) is 4.07. The molecule has 1 fully saturated rings. The summed E-state index contributed by atoms with van der Waals surface area (Å²) in [7, 11) is 2.00. The van der Waals surface area contributed by atoms with Crippen LogP contribution in [0.3, 0.4) is 0 Å². The van der Waals surface area contributed by atoms with Crippen LogP contribution >= 0.6 is 0 Å². The van der Waals surface area contributed by atoms with Crippen LogP contribution in [0.4, 0.5) is 0 Å². The molecule has 0 unspecified atom stereocenters. The van der Waals surface area contributed by atoms with Crippen molar-refractivity contribution in [2.24, 2.45) is 5.92 Å². The lowest BCUT2D eigenvalue weighted by atomic mass is 9.92. The molecule has 1 aliphatic rings. The number of piperidine rings is 1. The van der Waals surface area contributed by atoms with Gasteiger partial charge < -0.3 is 10.2 Å². The van der Waals surface area contributed by atoms with Crippen LogP contribution in [0.2, 0.25) is 0 Å². The maximum Gasteiger partial charge on any atom is 0.254 e. The molecule has 1 amide bonds. The summed E-state index contributed by atoms with van der Waals surface area (Å²) in [6.45, 7) is 4.81. The number of pyridine rings is 1. The molecule has 3 rings (SSSR count). The first kappa shape index (κ1) is 17.6. The number of carbonyl (C=O) groups is 1. The minimum Gasteiger partial charge on any atom is -0.339 e. The highest BCUT2D eigenvalue weighted by Crippen LogP contribution is 2.27. The lowest BCUT2D eigenvalue weighted by Crippen LogP contribution is -2.39. The number of benzene rings is 1. The number of aromatic nitrogens is 1. The van der Waals surface area contributed by atoms with E-state index in [4.69, 9.17) is 0 Å². The highest BCUT2D eigenvalue weighted by molar-refractivity contribution is 5.97. The molecule has 1 N–H and O–H groups in total. The third-order valence-electron chi connectivity index (χ3n) is 5.21. The van der Waals surface area contributed by atoms with Crippen molar-refractivity contribution in [2.75, 3.05) is 26.7 Å². The van der Waals surface area contributed by atoms with Crippen molar-refractivity contribution in [3.05, 3.63) is 53.7 Å². The average Bonchev–Trinajstić information content (AvgIpc) is 2.67. The molecule has 132 valence electrons. The number of amides is 1. The molecule has 0 saturated carbocycles. The lowest BCUT2D eigenvalue weighted by molar-refractivity contribution is 0.0686. The van der Waals surface area contributed by atoms with Gasteiger partial charge in [-0.15, -0.1) is 0 Å². The van der Waals surface area contributed by atoms with Gasteiger partial charge in [0.1, 0.15) is 0 Å². The van der Waals surface area contributed by atoms with Gasteiger partial charge in [-0.05, 0) is 69.5 Å². The predicted octanol–water partition coefficient (Wildman–Crippen LogP) is 3.52. The Balaban J connectivity index is 1.73. The number of nitrogens with one attached hydrogen (secondary N) is 1. The van der Waals surface area contributed by atoms with Gasteiger partial charge in [0.2, 0.25) is 0 Å². The summed E-state index contributed by atoms with van der Waals surface area (Å²) in [5.41, 5.74) is 3.77. The molecule has 2 heterocycles. The Kier molecular flexibility index (Phi) is 5.82. The van der Waals surface area contributed by atoms with Crippen LogP contribution in [0.5, 0.6) is 0 Å². The van der Waals surface area contributed by atoms with Crippen molar-refractivity contribution in [2.45, 2.75) is 26.2 Å². The van der Waals surface area contributed by atoms with Crippen LogP contribution in [0.15, 0.2) is 42.6 Å². The summed E-state index contributed by atoms with van der Waals surface area (Å²) in [6.07, 6.45) is 5.20. The smallest absolute Gasteiger partial charge is 0.254 e. The molecule has 1 aromatic heterocycles. The summed E-state index contributed by atoms with van der Waals surface area (Å²) in [5.74, 6) is 0.889. The Morgan fingerprint density at radius 2 is 2.00 bits per heavy atom. The van der Waals surface area contributed by atoms with Gasteiger partial charge in [0.25, 0.3) is 5.91 Å². The molecule has 0 spiro atoms. The van der Waals surface area contributed by atoms with Crippen LogP contribution in [-0.2, 0) is 0 Å². The first-order chi connectivity index (χ1) is 12.2. The van der Waals surface area contributed by atoms with Crippen molar-refractivity contribution in [3.8, 4) is 11.3 Å². The quantitative estimate of drug-likeness (QED) is 0.908. The Morgan fingerprint density at radius 1 is 1.20 bits per heavy atom. The highest BCUT2D eigenvalue weighted by atomic mass is 16.2. The van der Waals surface area contributed by atoms with Crippen molar-refractivity contribution < 1.29 is 4.79 Å². The molecule has 0 aliphatic carbocycles. The van der Waals surface area contributed by atoms with Crippen LogP contribution in [0.25, 0.3) is 11.3 Å². The van der Waals surface area contributed by atoms with Crippen LogP contribution in [0, 0.1) is 12.8 Å². The van der Waals surface area contributed by atoms with E-state index in [2.05, 4.69) is 10.3 Å². The van der Waals surface area contributed by atoms with Gasteiger partial charge in [0.05, 0.1) is 5.69 Å². The molecule has 1 saturated heterocycles. The number of likely N-dealkylation sites (tertiary alicyclic amines) is 1. The van der Waals surface area contributed by atoms with E-state index in [1.54, 1.807) is 6.20 Å². The van der Waals surface area contributed by atoms with E-state index >= 15 is 0 Å². The zero-order valence-electron chi connectivity index (χ0n) is 15.2. The molecule has 0 bridgehead atoms. The van der Waals surface area contributed by atoms with Crippen LogP contribution in [-0.4, -0.2) is 42.5 Å². The van der Waals surface area contributed by atoms with E-state index in [1.165, 1.54) is 6.42 Å². The molecule has 1 aromatic carbocycles. The van der Waals surface area contributed by atoms with E-state index in [-0.39, 0.29) is 5.91 Å². The normalized spacial score (nSPS) is 15.4. The van der Waals surface area contributed by atoms with E-state index in [1.807, 2.05) is 55.3 Å². The molecule has 25 heavy (non-hydrogen) atoms. The second-order valence-electron chi connectivity index (χ2n) is 6.82. The van der Waals surface area contributed by atoms with E-state index < -0.39 is 0 Å². The third-order valence-corrected chi connectivity index (χ3v) is 5.21. The Bertz CT molecular complexity index is 706. The Morgan fingerprint density at radius 3 is 2.68 bits per heavy atom. The van der Waals surface area contributed by atoms with Gasteiger partial charge in [-0.1, -0.05) is 18.2 Å². The fraction of sp³-hybridized carbons (Fsp3) is 0.429. The van der Waals surface area contributed by atoms with Gasteiger partial charge >= 0.3 is 0 Å². The first-order valence-corrected chi connectivity index (χ1v) is 9.15. The number of carbonyl (C=O) groups excluding carboxylic acids is 1. The summed E-state index contributed by atoms with van der Waals surface area (Å²) >= 11 is 0. The summed E-state index contributed by atoms with van der Waals surface area (Å²) in [6, 6.07) is 11.8. The first-order valence-electron chi connectivity index (χ1n) is 9.15. The van der Waals surface area contributed by atoms with Crippen molar-refractivity contribution in [1.29, 1.82) is 0 Å². The molecule has 4 heteroatoms. The standard InChI is InChI=1S/C21H27N3O/c1-16-18(20-8-3-4-12-23-20)6-5-7-19(16)21(25)24-14-10-17(11-15-24)9-13-22-2/h3-8,12,17,22H,9-11,13-15H2,1-2H3. The largest absolute Gasteiger partial charge is 0.339 e. The van der Waals surface area contributed by atoms with Gasteiger partial charge in [-0.25, -0.2) is 0 Å². The predicted molar refractivity (Wildman–Crippen MR) is 102 cm³/mol. The second kappa shape index (κ2) is 8.26. The monoisotopic (exact) mass is 337 g/mol. The van der Waals surface area contributed by atoms with E-state index in [9.17, 15) is 4.79 Å². The summed E-state index contributed by atoms with van der Waals surface area (Å²) < 4.78 is 0. The van der Waals surface area contributed by atoms with Gasteiger partial charge in [-0.2, -0.15) is 0 Å². The number of nitrogens with zero attached hydrogens (tertiary/aromatic N) is 2. The van der Waals surface area contributed by atoms with Crippen LogP contribution in [0.1, 0.15) is 35.2 Å². The van der Waals surface area contributed by atoms with Gasteiger partial charge in [-0.3, -0.25) is 9.78 Å². The fourth-order valence-corrected chi connectivity index (χ4v) is 3.61. The minimum absolute atomic E-state index is 0.155. The zero-order chi connectivity index (χ0) is 17.6. The molecule has 0 radical (unpaired) electrons. The highest BCUT2D eigenvalue weighted by Gasteiger charge is 2.24. The van der Waals surface area contributed by atoms with Crippen molar-refractivity contribution in [3.63, 3.8) is 0 Å². The number of hydrogen-bond acceptors (Lipinski definition) is 3. The summed E-state index contributed by atoms with van der Waals surface area (Å²) in [5, 5.41) is 3.22. The Labute approximate surface area is 150 Å². The van der Waals surface area contributed by atoms with Gasteiger partial charge in [0.15, 0.2) is 0 Å². The van der Waals surface area contributed by atoms with Crippen molar-refractivity contribution in [1.82, 2.24) is 15.2 Å². The molecular weight excluding hydrogens is 310 g/mol. The fourth-order valence-electron chi connectivity index (χ4n) is 3.61. The topological polar surface area (TPSA) is 45.2 Å². The SMILES string of the molecule is CNCCC1CCN(C(=O)c2cccc(-c3ccccn3)c2C)CC1. The summed E-state index contributed by atoms with van der Waals surface area (Å²) in [4.78, 5) is 19.5. The molecule has 0 atom stereocenters. The number of hydrogen-bond donors (Lipinski definition) is 1. The molecule has 2 aromatic rings. The van der Waals surface area contributed by atoms with E-state index in [0.29, 0.717) is 0 Å². The number of rotatable bonds is 5. The maximum atomic E-state index is 13.0.